The highest BCUT2D eigenvalue weighted by molar-refractivity contribution is 6.14. The molecule has 0 saturated carbocycles. The Balaban J connectivity index is 1.13. The van der Waals surface area contributed by atoms with E-state index in [4.69, 9.17) is 4.42 Å². The number of benzene rings is 8. The second-order valence-corrected chi connectivity index (χ2v) is 13.1. The summed E-state index contributed by atoms with van der Waals surface area (Å²) in [6, 6.07) is 55.2. The van der Waals surface area contributed by atoms with E-state index in [-0.39, 0.29) is 0 Å². The van der Waals surface area contributed by atoms with E-state index in [0.29, 0.717) is 0 Å². The van der Waals surface area contributed by atoms with Crippen molar-refractivity contribution in [2.45, 2.75) is 13.8 Å². The SMILES string of the molecule is Cc1ccccc1N(c1ccc2cc3c(cc2c1)-c1cc2ccc(-c4ccccc4)cc2cc1-3)c1c(C)ccc2c1oc1ccccc12. The predicted octanol–water partition coefficient (Wildman–Crippen LogP) is 13.3. The number of hydrogen-bond acceptors (Lipinski definition) is 2. The van der Waals surface area contributed by atoms with Crippen LogP contribution in [-0.2, 0) is 0 Å². The lowest BCUT2D eigenvalue weighted by Crippen LogP contribution is -2.13. The van der Waals surface area contributed by atoms with Gasteiger partial charge in [0.15, 0.2) is 5.58 Å². The molecule has 1 aliphatic carbocycles. The molecule has 10 rings (SSSR count). The Bertz CT molecular complexity index is 2750. The second kappa shape index (κ2) is 10.2. The topological polar surface area (TPSA) is 16.4 Å². The molecule has 0 bridgehead atoms. The smallest absolute Gasteiger partial charge is 0.159 e. The Labute approximate surface area is 279 Å². The molecule has 0 spiro atoms. The Morgan fingerprint density at radius 1 is 0.438 bits per heavy atom. The van der Waals surface area contributed by atoms with Gasteiger partial charge in [-0.25, -0.2) is 0 Å². The van der Waals surface area contributed by atoms with Crippen molar-refractivity contribution in [3.8, 4) is 33.4 Å². The van der Waals surface area contributed by atoms with E-state index in [9.17, 15) is 0 Å². The molecule has 2 heteroatoms. The van der Waals surface area contributed by atoms with E-state index in [2.05, 4.69) is 164 Å². The van der Waals surface area contributed by atoms with Gasteiger partial charge in [-0.15, -0.1) is 0 Å². The van der Waals surface area contributed by atoms with Gasteiger partial charge in [-0.2, -0.15) is 0 Å². The molecule has 1 aromatic heterocycles. The highest BCUT2D eigenvalue weighted by Crippen LogP contribution is 2.51. The first-order valence-corrected chi connectivity index (χ1v) is 16.6. The van der Waals surface area contributed by atoms with Crippen molar-refractivity contribution in [2.75, 3.05) is 4.90 Å². The summed E-state index contributed by atoms with van der Waals surface area (Å²) >= 11 is 0. The zero-order chi connectivity index (χ0) is 31.9. The number of furan rings is 1. The lowest BCUT2D eigenvalue weighted by molar-refractivity contribution is 0.668. The Morgan fingerprint density at radius 3 is 1.85 bits per heavy atom. The number of rotatable bonds is 4. The van der Waals surface area contributed by atoms with Gasteiger partial charge in [0.1, 0.15) is 5.58 Å². The molecule has 1 aliphatic rings. The van der Waals surface area contributed by atoms with Crippen LogP contribution in [0, 0.1) is 13.8 Å². The number of para-hydroxylation sites is 2. The minimum Gasteiger partial charge on any atom is -0.454 e. The molecule has 48 heavy (non-hydrogen) atoms. The molecule has 226 valence electrons. The van der Waals surface area contributed by atoms with Crippen molar-refractivity contribution in [3.63, 3.8) is 0 Å². The minimum absolute atomic E-state index is 0.907. The maximum atomic E-state index is 6.62. The van der Waals surface area contributed by atoms with Crippen molar-refractivity contribution in [2.24, 2.45) is 0 Å². The first-order chi connectivity index (χ1) is 23.6. The molecule has 0 radical (unpaired) electrons. The van der Waals surface area contributed by atoms with Crippen LogP contribution in [0.4, 0.5) is 17.1 Å². The highest BCUT2D eigenvalue weighted by atomic mass is 16.3. The molecule has 0 saturated heterocycles. The third-order valence-electron chi connectivity index (χ3n) is 10.2. The zero-order valence-corrected chi connectivity index (χ0v) is 26.8. The third-order valence-corrected chi connectivity index (χ3v) is 10.2. The minimum atomic E-state index is 0.907. The maximum Gasteiger partial charge on any atom is 0.159 e. The molecule has 1 heterocycles. The van der Waals surface area contributed by atoms with Crippen LogP contribution < -0.4 is 4.90 Å². The summed E-state index contributed by atoms with van der Waals surface area (Å²) in [5.74, 6) is 0. The van der Waals surface area contributed by atoms with Crippen LogP contribution in [0.1, 0.15) is 11.1 Å². The predicted molar refractivity (Wildman–Crippen MR) is 203 cm³/mol. The van der Waals surface area contributed by atoms with E-state index < -0.39 is 0 Å². The van der Waals surface area contributed by atoms with Crippen LogP contribution in [-0.4, -0.2) is 0 Å². The van der Waals surface area contributed by atoms with E-state index in [1.807, 2.05) is 6.07 Å². The molecule has 0 fully saturated rings. The van der Waals surface area contributed by atoms with Gasteiger partial charge in [0.2, 0.25) is 0 Å². The van der Waals surface area contributed by atoms with Gasteiger partial charge in [0.25, 0.3) is 0 Å². The van der Waals surface area contributed by atoms with Gasteiger partial charge in [-0.1, -0.05) is 97.1 Å². The van der Waals surface area contributed by atoms with Crippen LogP contribution in [0.2, 0.25) is 0 Å². The van der Waals surface area contributed by atoms with Crippen LogP contribution in [0.15, 0.2) is 156 Å². The second-order valence-electron chi connectivity index (χ2n) is 13.1. The average Bonchev–Trinajstić information content (AvgIpc) is 3.51. The van der Waals surface area contributed by atoms with Gasteiger partial charge in [-0.3, -0.25) is 0 Å². The largest absolute Gasteiger partial charge is 0.454 e. The van der Waals surface area contributed by atoms with Crippen LogP contribution in [0.3, 0.4) is 0 Å². The Kier molecular flexibility index (Phi) is 5.74. The van der Waals surface area contributed by atoms with E-state index >= 15 is 0 Å². The van der Waals surface area contributed by atoms with Crippen molar-refractivity contribution >= 4 is 60.5 Å². The first-order valence-electron chi connectivity index (χ1n) is 16.6. The van der Waals surface area contributed by atoms with E-state index in [0.717, 1.165) is 39.0 Å². The van der Waals surface area contributed by atoms with Gasteiger partial charge >= 0.3 is 0 Å². The third kappa shape index (κ3) is 3.99. The van der Waals surface area contributed by atoms with Gasteiger partial charge in [-0.05, 0) is 134 Å². The summed E-state index contributed by atoms with van der Waals surface area (Å²) in [6.45, 7) is 4.37. The lowest BCUT2D eigenvalue weighted by Gasteiger charge is -2.29. The molecule has 0 amide bonds. The number of nitrogens with zero attached hydrogens (tertiary/aromatic N) is 1. The summed E-state index contributed by atoms with van der Waals surface area (Å²) in [4.78, 5) is 2.39. The van der Waals surface area contributed by atoms with Crippen molar-refractivity contribution in [1.82, 2.24) is 0 Å². The fourth-order valence-corrected chi connectivity index (χ4v) is 7.71. The van der Waals surface area contributed by atoms with Gasteiger partial charge in [0, 0.05) is 22.1 Å². The summed E-state index contributed by atoms with van der Waals surface area (Å²) < 4.78 is 6.62. The van der Waals surface area contributed by atoms with Crippen molar-refractivity contribution < 1.29 is 4.42 Å². The molecule has 9 aromatic rings. The maximum absolute atomic E-state index is 6.62. The Morgan fingerprint density at radius 2 is 1.08 bits per heavy atom. The zero-order valence-electron chi connectivity index (χ0n) is 26.8. The average molecular weight is 614 g/mol. The van der Waals surface area contributed by atoms with E-state index in [1.165, 1.54) is 66.1 Å². The standard InChI is InChI=1S/C46H31NO/c1-28-10-6-8-14-43(28)47(45-29(2)16-21-38-37-13-7-9-15-44(37)48-46(38)45)36-20-19-33-25-40-41-26-34-22-31(30-11-4-3-5-12-30)17-18-32(34)24-39(41)42(40)27-35(33)23-36/h3-27H,1-2H3. The molecule has 0 atom stereocenters. The van der Waals surface area contributed by atoms with E-state index in [1.54, 1.807) is 0 Å². The molecule has 0 N–H and O–H groups in total. The van der Waals surface area contributed by atoms with Crippen molar-refractivity contribution in [1.29, 1.82) is 0 Å². The van der Waals surface area contributed by atoms with Crippen molar-refractivity contribution in [3.05, 3.63) is 163 Å². The quantitative estimate of drug-likeness (QED) is 0.196. The molecule has 2 nitrogen and oxygen atoms in total. The molecular weight excluding hydrogens is 583 g/mol. The van der Waals surface area contributed by atoms with Gasteiger partial charge in [0.05, 0.1) is 5.69 Å². The fourth-order valence-electron chi connectivity index (χ4n) is 7.71. The normalized spacial score (nSPS) is 12.0. The number of anilines is 3. The lowest BCUT2D eigenvalue weighted by atomic mass is 9.77. The summed E-state index contributed by atoms with van der Waals surface area (Å²) in [5.41, 5.74) is 15.3. The Hall–Kier alpha value is -6.12. The van der Waals surface area contributed by atoms with Gasteiger partial charge < -0.3 is 9.32 Å². The number of fused-ring (bicyclic) bond motifs is 9. The summed E-state index contributed by atoms with van der Waals surface area (Å²) in [6.07, 6.45) is 0. The number of hydrogen-bond donors (Lipinski definition) is 0. The highest BCUT2D eigenvalue weighted by Gasteiger charge is 2.26. The van der Waals surface area contributed by atoms with Crippen LogP contribution >= 0.6 is 0 Å². The molecule has 8 aromatic carbocycles. The summed E-state index contributed by atoms with van der Waals surface area (Å²) in [7, 11) is 0. The van der Waals surface area contributed by atoms with Crippen LogP contribution in [0.25, 0.3) is 76.9 Å². The fraction of sp³-hybridized carbons (Fsp3) is 0.0435. The molecular formula is C46H31NO. The van der Waals surface area contributed by atoms with Crippen LogP contribution in [0.5, 0.6) is 0 Å². The monoisotopic (exact) mass is 613 g/mol. The number of aryl methyl sites for hydroxylation is 2. The summed E-state index contributed by atoms with van der Waals surface area (Å²) in [5, 5.41) is 7.29. The first kappa shape index (κ1) is 27.0. The molecule has 0 unspecified atom stereocenters. The molecule has 0 aliphatic heterocycles.